The van der Waals surface area contributed by atoms with Crippen LogP contribution in [0.2, 0.25) is 0 Å². The lowest BCUT2D eigenvalue weighted by atomic mass is 9.88. The Morgan fingerprint density at radius 3 is 2.72 bits per heavy atom. The molecule has 3 heterocycles. The molecule has 36 heavy (non-hydrogen) atoms. The van der Waals surface area contributed by atoms with E-state index in [0.717, 1.165) is 41.3 Å². The van der Waals surface area contributed by atoms with Gasteiger partial charge in [0, 0.05) is 42.2 Å². The van der Waals surface area contributed by atoms with Crippen LogP contribution in [0.5, 0.6) is 0 Å². The molecule has 184 valence electrons. The first-order valence-corrected chi connectivity index (χ1v) is 12.1. The van der Waals surface area contributed by atoms with Crippen molar-refractivity contribution in [2.45, 2.75) is 40.0 Å². The third-order valence-corrected chi connectivity index (χ3v) is 6.32. The van der Waals surface area contributed by atoms with Gasteiger partial charge in [-0.1, -0.05) is 6.92 Å². The second-order valence-electron chi connectivity index (χ2n) is 9.17. The summed E-state index contributed by atoms with van der Waals surface area (Å²) in [6.45, 7) is 6.47. The number of nitrogens with one attached hydrogen (secondary N) is 2. The quantitative estimate of drug-likeness (QED) is 0.383. The summed E-state index contributed by atoms with van der Waals surface area (Å²) in [5.74, 6) is 1.07. The van der Waals surface area contributed by atoms with Crippen molar-refractivity contribution in [3.8, 4) is 17.1 Å². The van der Waals surface area contributed by atoms with Crippen molar-refractivity contribution in [3.05, 3.63) is 82.7 Å². The SMILES string of the molecule is Cc1cc(C)n(-c2nc3c(nc2-c2ccc(F)cc2)C=C(C(=O)NCCCc2ncc[nH]2)C(C)C3)n1. The van der Waals surface area contributed by atoms with Crippen LogP contribution in [-0.2, 0) is 17.6 Å². The van der Waals surface area contributed by atoms with Crippen LogP contribution in [0.25, 0.3) is 23.2 Å². The van der Waals surface area contributed by atoms with E-state index in [4.69, 9.17) is 9.97 Å². The van der Waals surface area contributed by atoms with Crippen molar-refractivity contribution in [2.75, 3.05) is 6.54 Å². The number of nitrogens with zero attached hydrogens (tertiary/aromatic N) is 5. The number of hydrogen-bond acceptors (Lipinski definition) is 5. The summed E-state index contributed by atoms with van der Waals surface area (Å²) < 4.78 is 15.4. The lowest BCUT2D eigenvalue weighted by Gasteiger charge is -2.23. The fourth-order valence-electron chi connectivity index (χ4n) is 4.50. The molecule has 1 unspecified atom stereocenters. The highest BCUT2D eigenvalue weighted by Gasteiger charge is 2.27. The van der Waals surface area contributed by atoms with E-state index in [1.54, 1.807) is 29.2 Å². The first-order chi connectivity index (χ1) is 17.4. The van der Waals surface area contributed by atoms with Gasteiger partial charge in [0.05, 0.1) is 17.1 Å². The third-order valence-electron chi connectivity index (χ3n) is 6.32. The molecule has 9 heteroatoms. The molecule has 1 aliphatic rings. The number of carbonyl (C=O) groups is 1. The highest BCUT2D eigenvalue weighted by molar-refractivity contribution is 5.99. The zero-order valence-corrected chi connectivity index (χ0v) is 20.5. The van der Waals surface area contributed by atoms with E-state index < -0.39 is 0 Å². The largest absolute Gasteiger partial charge is 0.352 e. The molecular formula is C27H28FN7O. The van der Waals surface area contributed by atoms with Crippen molar-refractivity contribution < 1.29 is 9.18 Å². The first kappa shape index (κ1) is 23.6. The number of H-pyrrole nitrogens is 1. The van der Waals surface area contributed by atoms with Crippen LogP contribution in [0.4, 0.5) is 4.39 Å². The number of hydrogen-bond donors (Lipinski definition) is 2. The molecule has 0 aliphatic heterocycles. The third kappa shape index (κ3) is 4.82. The number of aryl methyl sites for hydroxylation is 3. The maximum atomic E-state index is 13.6. The van der Waals surface area contributed by atoms with Gasteiger partial charge in [0.1, 0.15) is 17.3 Å². The number of carbonyl (C=O) groups excluding carboxylic acids is 1. The second kappa shape index (κ2) is 9.85. The Labute approximate surface area is 208 Å². The average Bonchev–Trinajstić information content (AvgIpc) is 3.50. The van der Waals surface area contributed by atoms with Crippen LogP contribution in [0.1, 0.15) is 41.9 Å². The predicted octanol–water partition coefficient (Wildman–Crippen LogP) is 4.13. The Kier molecular flexibility index (Phi) is 6.45. The van der Waals surface area contributed by atoms with Gasteiger partial charge in [-0.05, 0) is 69.0 Å². The first-order valence-electron chi connectivity index (χ1n) is 12.1. The van der Waals surface area contributed by atoms with E-state index in [1.165, 1.54) is 12.1 Å². The van der Waals surface area contributed by atoms with Crippen LogP contribution in [0.3, 0.4) is 0 Å². The van der Waals surface area contributed by atoms with Gasteiger partial charge in [-0.25, -0.2) is 24.0 Å². The Hall–Kier alpha value is -4.14. The minimum Gasteiger partial charge on any atom is -0.352 e. The maximum absolute atomic E-state index is 13.6. The van der Waals surface area contributed by atoms with Crippen molar-refractivity contribution in [3.63, 3.8) is 0 Å². The molecule has 5 rings (SSSR count). The molecule has 0 bridgehead atoms. The summed E-state index contributed by atoms with van der Waals surface area (Å²) in [6, 6.07) is 8.15. The van der Waals surface area contributed by atoms with Crippen LogP contribution >= 0.6 is 0 Å². The Balaban J connectivity index is 1.46. The Bertz CT molecular complexity index is 1420. The number of aromatic nitrogens is 6. The minimum atomic E-state index is -0.322. The number of aromatic amines is 1. The number of halogens is 1. The van der Waals surface area contributed by atoms with Crippen LogP contribution < -0.4 is 5.32 Å². The Morgan fingerprint density at radius 2 is 2.03 bits per heavy atom. The topological polar surface area (TPSA) is 101 Å². The monoisotopic (exact) mass is 485 g/mol. The molecule has 0 fully saturated rings. The fraction of sp³-hybridized carbons (Fsp3) is 0.296. The summed E-state index contributed by atoms with van der Waals surface area (Å²) >= 11 is 0. The second-order valence-corrected chi connectivity index (χ2v) is 9.17. The number of fused-ring (bicyclic) bond motifs is 1. The van der Waals surface area contributed by atoms with Crippen LogP contribution in [0.15, 0.2) is 48.3 Å². The lowest BCUT2D eigenvalue weighted by molar-refractivity contribution is -0.117. The number of imidazole rings is 1. The van der Waals surface area contributed by atoms with E-state index in [-0.39, 0.29) is 17.6 Å². The summed E-state index contributed by atoms with van der Waals surface area (Å²) in [6.07, 6.45) is 7.49. The molecule has 1 aromatic carbocycles. The molecule has 0 saturated heterocycles. The van der Waals surface area contributed by atoms with E-state index in [1.807, 2.05) is 32.9 Å². The highest BCUT2D eigenvalue weighted by Crippen LogP contribution is 2.32. The smallest absolute Gasteiger partial charge is 0.247 e. The lowest BCUT2D eigenvalue weighted by Crippen LogP contribution is -2.31. The number of amides is 1. The molecule has 1 aliphatic carbocycles. The summed E-state index contributed by atoms with van der Waals surface area (Å²) in [5.41, 5.74) is 5.26. The van der Waals surface area contributed by atoms with Crippen molar-refractivity contribution in [2.24, 2.45) is 5.92 Å². The molecule has 4 aromatic rings. The van der Waals surface area contributed by atoms with Gasteiger partial charge in [-0.2, -0.15) is 5.10 Å². The van der Waals surface area contributed by atoms with Crippen molar-refractivity contribution >= 4 is 12.0 Å². The van der Waals surface area contributed by atoms with E-state index in [9.17, 15) is 9.18 Å². The van der Waals surface area contributed by atoms with E-state index in [2.05, 4.69) is 20.4 Å². The zero-order chi connectivity index (χ0) is 25.2. The summed E-state index contributed by atoms with van der Waals surface area (Å²) in [5, 5.41) is 7.63. The van der Waals surface area contributed by atoms with Gasteiger partial charge in [-0.3, -0.25) is 4.79 Å². The van der Waals surface area contributed by atoms with E-state index >= 15 is 0 Å². The molecule has 1 amide bonds. The van der Waals surface area contributed by atoms with Gasteiger partial charge in [-0.15, -0.1) is 0 Å². The summed E-state index contributed by atoms with van der Waals surface area (Å²) in [7, 11) is 0. The number of benzene rings is 1. The van der Waals surface area contributed by atoms with Crippen LogP contribution in [0, 0.1) is 25.6 Å². The van der Waals surface area contributed by atoms with E-state index in [0.29, 0.717) is 35.7 Å². The summed E-state index contributed by atoms with van der Waals surface area (Å²) in [4.78, 5) is 30.2. The van der Waals surface area contributed by atoms with Gasteiger partial charge >= 0.3 is 0 Å². The van der Waals surface area contributed by atoms with Crippen molar-refractivity contribution in [1.82, 2.24) is 35.0 Å². The molecule has 8 nitrogen and oxygen atoms in total. The molecule has 3 aromatic heterocycles. The fourth-order valence-corrected chi connectivity index (χ4v) is 4.50. The zero-order valence-electron chi connectivity index (χ0n) is 20.5. The van der Waals surface area contributed by atoms with Crippen molar-refractivity contribution in [1.29, 1.82) is 0 Å². The van der Waals surface area contributed by atoms with Crippen LogP contribution in [-0.4, -0.2) is 42.2 Å². The molecule has 0 radical (unpaired) electrons. The standard InChI is InChI=1S/C27H28FN7O/c1-16-13-22-23(15-21(16)27(36)31-10-4-5-24-29-11-12-30-24)32-25(19-6-8-20(28)9-7-19)26(33-22)35-18(3)14-17(2)34-35/h6-9,11-12,14-16H,4-5,10,13H2,1-3H3,(H,29,30)(H,31,36). The van der Waals surface area contributed by atoms with Gasteiger partial charge in [0.2, 0.25) is 5.91 Å². The highest BCUT2D eigenvalue weighted by atomic mass is 19.1. The molecule has 0 spiro atoms. The number of rotatable bonds is 7. The molecule has 0 saturated carbocycles. The molecule has 1 atom stereocenters. The normalized spacial score (nSPS) is 14.9. The van der Waals surface area contributed by atoms with Gasteiger partial charge < -0.3 is 10.3 Å². The van der Waals surface area contributed by atoms with Gasteiger partial charge in [0.25, 0.3) is 0 Å². The minimum absolute atomic E-state index is 0.0122. The molecular weight excluding hydrogens is 457 g/mol. The maximum Gasteiger partial charge on any atom is 0.247 e. The Morgan fingerprint density at radius 1 is 1.22 bits per heavy atom. The van der Waals surface area contributed by atoms with Gasteiger partial charge in [0.15, 0.2) is 5.82 Å². The molecule has 2 N–H and O–H groups in total. The average molecular weight is 486 g/mol. The predicted molar refractivity (Wildman–Crippen MR) is 135 cm³/mol.